The van der Waals surface area contributed by atoms with Crippen molar-refractivity contribution < 1.29 is 14.2 Å². The Morgan fingerprint density at radius 2 is 1.90 bits per heavy atom. The van der Waals surface area contributed by atoms with Crippen LogP contribution >= 0.6 is 0 Å². The third-order valence-corrected chi connectivity index (χ3v) is 4.00. The van der Waals surface area contributed by atoms with E-state index in [9.17, 15) is 0 Å². The first-order valence-electron chi connectivity index (χ1n) is 7.22. The maximum absolute atomic E-state index is 5.94. The molecule has 1 aliphatic rings. The molecule has 4 heteroatoms. The molecule has 0 aliphatic carbocycles. The summed E-state index contributed by atoms with van der Waals surface area (Å²) < 4.78 is 16.7. The van der Waals surface area contributed by atoms with Gasteiger partial charge in [0.15, 0.2) is 11.5 Å². The second-order valence-corrected chi connectivity index (χ2v) is 5.24. The van der Waals surface area contributed by atoms with Gasteiger partial charge in [0.05, 0.1) is 26.4 Å². The Morgan fingerprint density at radius 1 is 1.20 bits per heavy atom. The van der Waals surface area contributed by atoms with Gasteiger partial charge in [0.25, 0.3) is 0 Å². The van der Waals surface area contributed by atoms with Crippen LogP contribution in [0.2, 0.25) is 0 Å². The first-order valence-corrected chi connectivity index (χ1v) is 7.22. The molecule has 0 spiro atoms. The molecule has 2 unspecified atom stereocenters. The Hall–Kier alpha value is -1.26. The van der Waals surface area contributed by atoms with Crippen molar-refractivity contribution in [3.05, 3.63) is 23.3 Å². The van der Waals surface area contributed by atoms with E-state index in [-0.39, 0.29) is 12.1 Å². The Bertz CT molecular complexity index is 442. The number of hydrogen-bond acceptors (Lipinski definition) is 4. The van der Waals surface area contributed by atoms with Crippen molar-refractivity contribution >= 4 is 0 Å². The number of ether oxygens (including phenoxy) is 3. The summed E-state index contributed by atoms with van der Waals surface area (Å²) >= 11 is 0. The quantitative estimate of drug-likeness (QED) is 0.899. The third-order valence-electron chi connectivity index (χ3n) is 4.00. The minimum atomic E-state index is 0.190. The molecule has 1 aromatic rings. The van der Waals surface area contributed by atoms with Gasteiger partial charge in [-0.1, -0.05) is 0 Å². The van der Waals surface area contributed by atoms with Gasteiger partial charge in [0.1, 0.15) is 0 Å². The van der Waals surface area contributed by atoms with E-state index in [0.717, 1.165) is 30.9 Å². The molecule has 4 nitrogen and oxygen atoms in total. The lowest BCUT2D eigenvalue weighted by Gasteiger charge is -2.31. The van der Waals surface area contributed by atoms with Crippen molar-refractivity contribution in [2.45, 2.75) is 38.3 Å². The molecule has 2 atom stereocenters. The van der Waals surface area contributed by atoms with Crippen LogP contribution < -0.4 is 14.8 Å². The lowest BCUT2D eigenvalue weighted by Crippen LogP contribution is -2.34. The van der Waals surface area contributed by atoms with Crippen molar-refractivity contribution in [2.24, 2.45) is 0 Å². The van der Waals surface area contributed by atoms with E-state index >= 15 is 0 Å². The van der Waals surface area contributed by atoms with Crippen molar-refractivity contribution in [1.82, 2.24) is 5.32 Å². The summed E-state index contributed by atoms with van der Waals surface area (Å²) in [4.78, 5) is 0. The van der Waals surface area contributed by atoms with E-state index in [1.54, 1.807) is 14.2 Å². The fourth-order valence-corrected chi connectivity index (χ4v) is 2.90. The standard InChI is InChI=1S/C16H25NO3/c1-11-9-14(18-3)15(19-4)10-12(11)16(17-2)13-7-5-6-8-20-13/h9-10,13,16-17H,5-8H2,1-4H3. The first-order chi connectivity index (χ1) is 9.71. The predicted molar refractivity (Wildman–Crippen MR) is 79.7 cm³/mol. The fourth-order valence-electron chi connectivity index (χ4n) is 2.90. The number of methoxy groups -OCH3 is 2. The van der Waals surface area contributed by atoms with Crippen LogP contribution in [0.5, 0.6) is 11.5 Å². The molecule has 20 heavy (non-hydrogen) atoms. The van der Waals surface area contributed by atoms with Gasteiger partial charge in [-0.05, 0) is 56.5 Å². The van der Waals surface area contributed by atoms with Gasteiger partial charge in [-0.2, -0.15) is 0 Å². The number of benzene rings is 1. The Labute approximate surface area is 121 Å². The zero-order valence-electron chi connectivity index (χ0n) is 12.9. The van der Waals surface area contributed by atoms with E-state index in [1.807, 2.05) is 13.1 Å². The summed E-state index contributed by atoms with van der Waals surface area (Å²) in [7, 11) is 5.32. The monoisotopic (exact) mass is 279 g/mol. The summed E-state index contributed by atoms with van der Waals surface area (Å²) in [5, 5.41) is 3.40. The van der Waals surface area contributed by atoms with Crippen LogP contribution in [-0.2, 0) is 4.74 Å². The molecule has 0 bridgehead atoms. The first kappa shape index (κ1) is 15.1. The van der Waals surface area contributed by atoms with Crippen LogP contribution in [-0.4, -0.2) is 34.0 Å². The van der Waals surface area contributed by atoms with Crippen LogP contribution in [0.25, 0.3) is 0 Å². The maximum atomic E-state index is 5.94. The largest absolute Gasteiger partial charge is 0.493 e. The van der Waals surface area contributed by atoms with Crippen molar-refractivity contribution in [3.8, 4) is 11.5 Å². The molecule has 1 N–H and O–H groups in total. The molecule has 1 saturated heterocycles. The SMILES string of the molecule is CNC(c1cc(OC)c(OC)cc1C)C1CCCCO1. The topological polar surface area (TPSA) is 39.7 Å². The van der Waals surface area contributed by atoms with Crippen LogP contribution in [0, 0.1) is 6.92 Å². The number of rotatable bonds is 5. The fraction of sp³-hybridized carbons (Fsp3) is 0.625. The lowest BCUT2D eigenvalue weighted by atomic mass is 9.92. The van der Waals surface area contributed by atoms with E-state index in [4.69, 9.17) is 14.2 Å². The van der Waals surface area contributed by atoms with Crippen molar-refractivity contribution in [2.75, 3.05) is 27.9 Å². The predicted octanol–water partition coefficient (Wildman–Crippen LogP) is 2.84. The highest BCUT2D eigenvalue weighted by Gasteiger charge is 2.26. The molecule has 1 aliphatic heterocycles. The molecule has 1 heterocycles. The average Bonchev–Trinajstić information content (AvgIpc) is 2.50. The van der Waals surface area contributed by atoms with Gasteiger partial charge < -0.3 is 19.5 Å². The Kier molecular flexibility index (Phi) is 5.26. The number of nitrogens with one attached hydrogen (secondary N) is 1. The normalized spacial score (nSPS) is 20.5. The highest BCUT2D eigenvalue weighted by Crippen LogP contribution is 2.35. The highest BCUT2D eigenvalue weighted by atomic mass is 16.5. The molecule has 112 valence electrons. The molecule has 1 aromatic carbocycles. The Morgan fingerprint density at radius 3 is 2.45 bits per heavy atom. The Balaban J connectivity index is 2.33. The van der Waals surface area contributed by atoms with Gasteiger partial charge in [0, 0.05) is 6.61 Å². The molecule has 1 fully saturated rings. The number of likely N-dealkylation sites (N-methyl/N-ethyl adjacent to an activating group) is 1. The summed E-state index contributed by atoms with van der Waals surface area (Å²) in [5.41, 5.74) is 2.41. The summed E-state index contributed by atoms with van der Waals surface area (Å²) in [6.07, 6.45) is 3.72. The van der Waals surface area contributed by atoms with Crippen LogP contribution in [0.1, 0.15) is 36.4 Å². The molecule has 2 rings (SSSR count). The summed E-state index contributed by atoms with van der Waals surface area (Å²) in [5.74, 6) is 1.54. The zero-order valence-corrected chi connectivity index (χ0v) is 12.9. The minimum absolute atomic E-state index is 0.190. The van der Waals surface area contributed by atoms with E-state index in [0.29, 0.717) is 0 Å². The van der Waals surface area contributed by atoms with Crippen molar-refractivity contribution in [1.29, 1.82) is 0 Å². The molecule has 0 radical (unpaired) electrons. The van der Waals surface area contributed by atoms with Crippen LogP contribution in [0.15, 0.2) is 12.1 Å². The van der Waals surface area contributed by atoms with E-state index < -0.39 is 0 Å². The number of aryl methyl sites for hydroxylation is 1. The molecular formula is C16H25NO3. The molecular weight excluding hydrogens is 254 g/mol. The van der Waals surface area contributed by atoms with Gasteiger partial charge in [-0.25, -0.2) is 0 Å². The second-order valence-electron chi connectivity index (χ2n) is 5.24. The lowest BCUT2D eigenvalue weighted by molar-refractivity contribution is -0.00678. The third kappa shape index (κ3) is 3.07. The van der Waals surface area contributed by atoms with Gasteiger partial charge in [-0.15, -0.1) is 0 Å². The van der Waals surface area contributed by atoms with Crippen molar-refractivity contribution in [3.63, 3.8) is 0 Å². The molecule has 0 aromatic heterocycles. The second kappa shape index (κ2) is 6.95. The van der Waals surface area contributed by atoms with Gasteiger partial charge in [-0.3, -0.25) is 0 Å². The van der Waals surface area contributed by atoms with Gasteiger partial charge in [0.2, 0.25) is 0 Å². The average molecular weight is 279 g/mol. The minimum Gasteiger partial charge on any atom is -0.493 e. The summed E-state index contributed by atoms with van der Waals surface area (Å²) in [6, 6.07) is 4.28. The highest BCUT2D eigenvalue weighted by molar-refractivity contribution is 5.48. The van der Waals surface area contributed by atoms with Gasteiger partial charge >= 0.3 is 0 Å². The summed E-state index contributed by atoms with van der Waals surface area (Å²) in [6.45, 7) is 2.96. The van der Waals surface area contributed by atoms with E-state index in [1.165, 1.54) is 17.5 Å². The number of hydrogen-bond donors (Lipinski definition) is 1. The van der Waals surface area contributed by atoms with Crippen LogP contribution in [0.3, 0.4) is 0 Å². The molecule has 0 saturated carbocycles. The smallest absolute Gasteiger partial charge is 0.161 e. The zero-order chi connectivity index (χ0) is 14.5. The van der Waals surface area contributed by atoms with E-state index in [2.05, 4.69) is 18.3 Å². The van der Waals surface area contributed by atoms with Crippen LogP contribution in [0.4, 0.5) is 0 Å². The maximum Gasteiger partial charge on any atom is 0.161 e. The molecule has 0 amide bonds.